The molecule has 1 unspecified atom stereocenters. The summed E-state index contributed by atoms with van der Waals surface area (Å²) in [6.45, 7) is 10.7. The molecule has 2 aliphatic rings. The Labute approximate surface area is 213 Å². The summed E-state index contributed by atoms with van der Waals surface area (Å²) < 4.78 is 2.16. The number of hydrogen-bond acceptors (Lipinski definition) is 6. The van der Waals surface area contributed by atoms with Crippen LogP contribution in [-0.2, 0) is 11.8 Å². The molecule has 3 heterocycles. The van der Waals surface area contributed by atoms with E-state index >= 15 is 0 Å². The maximum atomic E-state index is 13.4. The van der Waals surface area contributed by atoms with Gasteiger partial charge in [-0.05, 0) is 49.7 Å². The average Bonchev–Trinajstić information content (AvgIpc) is 3.08. The van der Waals surface area contributed by atoms with Gasteiger partial charge in [-0.15, -0.1) is 0 Å². The Bertz CT molecular complexity index is 1080. The lowest BCUT2D eigenvalue weighted by atomic mass is 9.97. The summed E-state index contributed by atoms with van der Waals surface area (Å²) in [5.74, 6) is 1.78. The average molecular weight is 501 g/mol. The van der Waals surface area contributed by atoms with Crippen molar-refractivity contribution in [2.24, 2.45) is 18.9 Å². The molecule has 6 nitrogen and oxygen atoms in total. The number of thioether (sulfide) groups is 1. The van der Waals surface area contributed by atoms with Crippen molar-refractivity contribution in [1.29, 1.82) is 5.26 Å². The van der Waals surface area contributed by atoms with Gasteiger partial charge in [0.25, 0.3) is 11.5 Å². The molecule has 2 aliphatic heterocycles. The minimum Gasteiger partial charge on any atom is -0.357 e. The third-order valence-electron chi connectivity index (χ3n) is 7.18. The molecule has 0 spiro atoms. The lowest BCUT2D eigenvalue weighted by Gasteiger charge is -2.34. The van der Waals surface area contributed by atoms with Gasteiger partial charge in [0.2, 0.25) is 0 Å². The summed E-state index contributed by atoms with van der Waals surface area (Å²) in [7, 11) is 1.72. The predicted molar refractivity (Wildman–Crippen MR) is 145 cm³/mol. The summed E-state index contributed by atoms with van der Waals surface area (Å²) in [6.07, 6.45) is 8.34. The number of carbonyl (C=O) groups excluding carboxylic acids is 1. The predicted octanol–water partition coefficient (Wildman–Crippen LogP) is 5.22. The molecule has 0 radical (unpaired) electrons. The highest BCUT2D eigenvalue weighted by Gasteiger charge is 2.34. The number of unbranched alkanes of at least 4 members (excludes halogenated alkanes) is 1. The van der Waals surface area contributed by atoms with Gasteiger partial charge in [-0.25, -0.2) is 0 Å². The van der Waals surface area contributed by atoms with E-state index in [1.54, 1.807) is 23.4 Å². The number of nitriles is 1. The molecule has 0 saturated carbocycles. The molecule has 2 fully saturated rings. The van der Waals surface area contributed by atoms with E-state index in [1.165, 1.54) is 11.8 Å². The van der Waals surface area contributed by atoms with Crippen LogP contribution in [0.15, 0.2) is 9.70 Å². The van der Waals surface area contributed by atoms with Crippen LogP contribution in [0.4, 0.5) is 5.82 Å². The first-order valence-corrected chi connectivity index (χ1v) is 13.6. The second-order valence-electron chi connectivity index (χ2n) is 9.59. The highest BCUT2D eigenvalue weighted by atomic mass is 32.2. The van der Waals surface area contributed by atoms with E-state index in [1.807, 2.05) is 6.08 Å². The molecule has 0 bridgehead atoms. The Balaban J connectivity index is 2.02. The second kappa shape index (κ2) is 11.5. The lowest BCUT2D eigenvalue weighted by molar-refractivity contribution is -0.122. The highest BCUT2D eigenvalue weighted by Crippen LogP contribution is 2.37. The Hall–Kier alpha value is -2.11. The van der Waals surface area contributed by atoms with Crippen LogP contribution in [0.3, 0.4) is 0 Å². The summed E-state index contributed by atoms with van der Waals surface area (Å²) in [5, 5.41) is 9.68. The fourth-order valence-electron chi connectivity index (χ4n) is 4.78. The van der Waals surface area contributed by atoms with Gasteiger partial charge in [-0.3, -0.25) is 19.1 Å². The van der Waals surface area contributed by atoms with Gasteiger partial charge in [-0.1, -0.05) is 64.0 Å². The van der Waals surface area contributed by atoms with Crippen molar-refractivity contribution >= 4 is 46.1 Å². The minimum atomic E-state index is -0.292. The third kappa shape index (κ3) is 5.41. The van der Waals surface area contributed by atoms with Crippen LogP contribution in [-0.4, -0.2) is 39.3 Å². The molecule has 1 aromatic heterocycles. The topological polar surface area (TPSA) is 69.3 Å². The van der Waals surface area contributed by atoms with Crippen LogP contribution < -0.4 is 10.5 Å². The monoisotopic (exact) mass is 500 g/mol. The summed E-state index contributed by atoms with van der Waals surface area (Å²) in [5.41, 5.74) is 1.23. The Morgan fingerprint density at radius 3 is 2.53 bits per heavy atom. The molecule has 0 aliphatic carbocycles. The van der Waals surface area contributed by atoms with Gasteiger partial charge < -0.3 is 4.90 Å². The maximum absolute atomic E-state index is 13.4. The number of carbonyl (C=O) groups is 1. The smallest absolute Gasteiger partial charge is 0.270 e. The Morgan fingerprint density at radius 2 is 1.94 bits per heavy atom. The molecule has 0 N–H and O–H groups in total. The van der Waals surface area contributed by atoms with E-state index in [2.05, 4.69) is 31.7 Å². The molecule has 1 aromatic rings. The van der Waals surface area contributed by atoms with Crippen LogP contribution in [0.5, 0.6) is 0 Å². The van der Waals surface area contributed by atoms with Crippen molar-refractivity contribution in [3.8, 4) is 6.07 Å². The highest BCUT2D eigenvalue weighted by molar-refractivity contribution is 8.26. The Morgan fingerprint density at radius 1 is 1.26 bits per heavy atom. The first kappa shape index (κ1) is 26.5. The van der Waals surface area contributed by atoms with Crippen LogP contribution >= 0.6 is 24.0 Å². The number of aromatic nitrogens is 1. The molecular weight excluding hydrogens is 464 g/mol. The zero-order valence-corrected chi connectivity index (χ0v) is 22.7. The molecule has 0 aromatic carbocycles. The van der Waals surface area contributed by atoms with Crippen LogP contribution in [0.1, 0.15) is 76.0 Å². The summed E-state index contributed by atoms with van der Waals surface area (Å²) in [4.78, 5) is 30.9. The molecule has 3 rings (SSSR count). The van der Waals surface area contributed by atoms with Crippen molar-refractivity contribution in [3.05, 3.63) is 31.9 Å². The molecule has 184 valence electrons. The van der Waals surface area contributed by atoms with Gasteiger partial charge in [0.05, 0.1) is 4.91 Å². The molecule has 1 amide bonds. The summed E-state index contributed by atoms with van der Waals surface area (Å²) in [6, 6.07) is 2.08. The Kier molecular flexibility index (Phi) is 9.00. The van der Waals surface area contributed by atoms with E-state index in [4.69, 9.17) is 12.2 Å². The van der Waals surface area contributed by atoms with Crippen molar-refractivity contribution in [2.45, 2.75) is 66.2 Å². The SMILES string of the molecule is CCCCC(CC)CN1C(=O)/C(=C\c2c(C)c(C#N)c(=O)n(C)c2N2CCC(C)CC2)SC1=S. The first-order valence-electron chi connectivity index (χ1n) is 12.4. The number of rotatable bonds is 8. The van der Waals surface area contributed by atoms with Crippen LogP contribution in [0.2, 0.25) is 0 Å². The van der Waals surface area contributed by atoms with Gasteiger partial charge in [-0.2, -0.15) is 5.26 Å². The third-order valence-corrected chi connectivity index (χ3v) is 8.56. The number of pyridine rings is 1. The largest absolute Gasteiger partial charge is 0.357 e. The maximum Gasteiger partial charge on any atom is 0.270 e. The van der Waals surface area contributed by atoms with E-state index < -0.39 is 0 Å². The number of piperidine rings is 1. The van der Waals surface area contributed by atoms with Gasteiger partial charge in [0, 0.05) is 32.2 Å². The van der Waals surface area contributed by atoms with E-state index in [9.17, 15) is 14.9 Å². The molecule has 2 saturated heterocycles. The second-order valence-corrected chi connectivity index (χ2v) is 11.3. The fraction of sp³-hybridized carbons (Fsp3) is 0.615. The number of amides is 1. The van der Waals surface area contributed by atoms with Crippen molar-refractivity contribution < 1.29 is 4.79 Å². The normalized spacial score (nSPS) is 19.2. The number of nitrogens with zero attached hydrogens (tertiary/aromatic N) is 4. The van der Waals surface area contributed by atoms with Gasteiger partial charge >= 0.3 is 0 Å². The van der Waals surface area contributed by atoms with Gasteiger partial charge in [0.15, 0.2) is 0 Å². The molecular formula is C26H36N4O2S2. The summed E-state index contributed by atoms with van der Waals surface area (Å²) >= 11 is 6.92. The quantitative estimate of drug-likeness (QED) is 0.360. The molecule has 1 atom stereocenters. The number of hydrogen-bond donors (Lipinski definition) is 0. The van der Waals surface area contributed by atoms with Crippen molar-refractivity contribution in [1.82, 2.24) is 9.47 Å². The van der Waals surface area contributed by atoms with E-state index in [-0.39, 0.29) is 17.0 Å². The van der Waals surface area contributed by atoms with Crippen LogP contribution in [0, 0.1) is 30.1 Å². The van der Waals surface area contributed by atoms with E-state index in [0.29, 0.717) is 33.2 Å². The van der Waals surface area contributed by atoms with Crippen molar-refractivity contribution in [2.75, 3.05) is 24.5 Å². The molecule has 8 heteroatoms. The standard InChI is InChI=1S/C26H36N4O2S2/c1-6-8-9-19(7-2)16-30-25(32)22(34-26(30)33)14-20-18(4)21(15-27)24(31)28(5)23(20)29-12-10-17(3)11-13-29/h14,17,19H,6-13,16H2,1-5H3/b22-14+. The number of thiocarbonyl (C=S) groups is 1. The fourth-order valence-corrected chi connectivity index (χ4v) is 6.04. The zero-order chi connectivity index (χ0) is 25.0. The van der Waals surface area contributed by atoms with E-state index in [0.717, 1.165) is 63.0 Å². The van der Waals surface area contributed by atoms with Crippen molar-refractivity contribution in [3.63, 3.8) is 0 Å². The van der Waals surface area contributed by atoms with Crippen LogP contribution in [0.25, 0.3) is 6.08 Å². The zero-order valence-electron chi connectivity index (χ0n) is 21.0. The molecule has 34 heavy (non-hydrogen) atoms. The minimum absolute atomic E-state index is 0.0741. The first-order chi connectivity index (χ1) is 16.2. The number of anilines is 1. The lowest BCUT2D eigenvalue weighted by Crippen LogP contribution is -2.38. The van der Waals surface area contributed by atoms with Gasteiger partial charge in [0.1, 0.15) is 21.8 Å².